The highest BCUT2D eigenvalue weighted by Crippen LogP contribution is 2.63. The number of fused-ring (bicyclic) bond motifs is 1. The van der Waals surface area contributed by atoms with E-state index in [1.165, 1.54) is 36.1 Å². The SMILES string of the molecule is CC(=O)OC[C@H]1C[C@@H](C)CC[C@]1(C)[C@H]1CC[C@]2(C)C(C)=CC[C@H]2[C@@H]1CO[Si](c1ccccc1)(c1ccccc1)C(C)(C)C. The molecule has 3 nitrogen and oxygen atoms in total. The summed E-state index contributed by atoms with van der Waals surface area (Å²) < 4.78 is 13.5. The van der Waals surface area contributed by atoms with E-state index >= 15 is 0 Å². The summed E-state index contributed by atoms with van der Waals surface area (Å²) in [5, 5.41) is 2.67. The molecule has 0 radical (unpaired) electrons. The van der Waals surface area contributed by atoms with Crippen LogP contribution in [0, 0.1) is 40.4 Å². The zero-order chi connectivity index (χ0) is 31.0. The maximum atomic E-state index is 12.0. The van der Waals surface area contributed by atoms with E-state index in [9.17, 15) is 4.79 Å². The molecule has 0 bridgehead atoms. The Labute approximate surface area is 263 Å². The molecule has 0 unspecified atom stereocenters. The molecule has 0 heterocycles. The number of hydrogen-bond donors (Lipinski definition) is 0. The lowest BCUT2D eigenvalue weighted by atomic mass is 9.48. The van der Waals surface area contributed by atoms with Crippen molar-refractivity contribution in [3.63, 3.8) is 0 Å². The lowest BCUT2D eigenvalue weighted by Gasteiger charge is -2.57. The first-order valence-electron chi connectivity index (χ1n) is 16.9. The largest absolute Gasteiger partial charge is 0.466 e. The molecular formula is C39H56O3Si. The quantitative estimate of drug-likeness (QED) is 0.173. The zero-order valence-corrected chi connectivity index (χ0v) is 29.1. The van der Waals surface area contributed by atoms with Gasteiger partial charge in [-0.15, -0.1) is 0 Å². The zero-order valence-electron chi connectivity index (χ0n) is 28.1. The lowest BCUT2D eigenvalue weighted by Crippen LogP contribution is -2.67. The first-order chi connectivity index (χ1) is 20.3. The van der Waals surface area contributed by atoms with Crippen molar-refractivity contribution < 1.29 is 14.0 Å². The molecule has 0 amide bonds. The number of esters is 1. The highest BCUT2D eigenvalue weighted by molar-refractivity contribution is 6.99. The summed E-state index contributed by atoms with van der Waals surface area (Å²) in [6, 6.07) is 22.2. The average Bonchev–Trinajstić information content (AvgIpc) is 3.28. The molecule has 0 aliphatic heterocycles. The minimum Gasteiger partial charge on any atom is -0.466 e. The highest BCUT2D eigenvalue weighted by Gasteiger charge is 2.58. The number of rotatable bonds is 8. The van der Waals surface area contributed by atoms with Crippen LogP contribution in [0.3, 0.4) is 0 Å². The molecule has 3 aliphatic carbocycles. The summed E-state index contributed by atoms with van der Waals surface area (Å²) in [5.74, 6) is 2.47. The van der Waals surface area contributed by atoms with Crippen LogP contribution in [-0.2, 0) is 14.0 Å². The third-order valence-electron chi connectivity index (χ3n) is 12.4. The van der Waals surface area contributed by atoms with Gasteiger partial charge in [0.1, 0.15) is 0 Å². The molecule has 7 atom stereocenters. The van der Waals surface area contributed by atoms with Crippen LogP contribution < -0.4 is 10.4 Å². The molecule has 2 aromatic carbocycles. The van der Waals surface area contributed by atoms with Gasteiger partial charge in [-0.25, -0.2) is 0 Å². The normalized spacial score (nSPS) is 33.0. The van der Waals surface area contributed by atoms with Crippen LogP contribution in [0.5, 0.6) is 0 Å². The molecule has 3 aliphatic rings. The molecule has 43 heavy (non-hydrogen) atoms. The monoisotopic (exact) mass is 600 g/mol. The minimum absolute atomic E-state index is 0.0466. The fourth-order valence-electron chi connectivity index (χ4n) is 9.70. The second-order valence-electron chi connectivity index (χ2n) is 15.8. The summed E-state index contributed by atoms with van der Waals surface area (Å²) >= 11 is 0. The second-order valence-corrected chi connectivity index (χ2v) is 20.1. The Morgan fingerprint density at radius 2 is 1.51 bits per heavy atom. The van der Waals surface area contributed by atoms with Crippen LogP contribution in [0.15, 0.2) is 72.3 Å². The summed E-state index contributed by atoms with van der Waals surface area (Å²) in [4.78, 5) is 12.0. The van der Waals surface area contributed by atoms with Crippen molar-refractivity contribution in [2.24, 2.45) is 40.4 Å². The molecule has 4 heteroatoms. The van der Waals surface area contributed by atoms with Gasteiger partial charge >= 0.3 is 5.97 Å². The van der Waals surface area contributed by atoms with Gasteiger partial charge in [0.15, 0.2) is 0 Å². The number of carbonyl (C=O) groups excluding carboxylic acids is 1. The Bertz CT molecular complexity index is 1240. The average molecular weight is 601 g/mol. The first-order valence-corrected chi connectivity index (χ1v) is 18.8. The van der Waals surface area contributed by atoms with Gasteiger partial charge in [-0.3, -0.25) is 4.79 Å². The van der Waals surface area contributed by atoms with E-state index in [1.807, 2.05) is 0 Å². The van der Waals surface area contributed by atoms with Crippen LogP contribution in [0.1, 0.15) is 93.9 Å². The maximum absolute atomic E-state index is 12.0. The Kier molecular flexibility index (Phi) is 9.23. The van der Waals surface area contributed by atoms with Gasteiger partial charge in [-0.05, 0) is 94.9 Å². The van der Waals surface area contributed by atoms with Gasteiger partial charge in [-0.2, -0.15) is 0 Å². The molecule has 234 valence electrons. The number of benzene rings is 2. The van der Waals surface area contributed by atoms with E-state index in [1.54, 1.807) is 12.5 Å². The molecule has 0 N–H and O–H groups in total. The lowest BCUT2D eigenvalue weighted by molar-refractivity contribution is -0.148. The number of hydrogen-bond acceptors (Lipinski definition) is 3. The van der Waals surface area contributed by atoms with Gasteiger partial charge in [0, 0.05) is 13.5 Å². The second kappa shape index (κ2) is 12.3. The number of allylic oxidation sites excluding steroid dienone is 2. The maximum Gasteiger partial charge on any atom is 0.302 e. The Hall–Kier alpha value is -2.17. The minimum atomic E-state index is -2.67. The van der Waals surface area contributed by atoms with Gasteiger partial charge < -0.3 is 9.16 Å². The standard InChI is InChI=1S/C39H56O3Si/c1-28-21-23-39(8,31(25-28)26-41-30(3)40)36-22-24-38(7)29(2)19-20-35(38)34(36)27-42-43(37(4,5)6,32-15-11-9-12-16-32)33-17-13-10-14-18-33/h9-19,28,31,34-36H,20-27H2,1-8H3/t28-,31+,34-,35-,36-,38+,39-/m0/s1. The van der Waals surface area contributed by atoms with Crippen molar-refractivity contribution in [1.29, 1.82) is 0 Å². The van der Waals surface area contributed by atoms with Crippen molar-refractivity contribution in [2.45, 2.75) is 99.0 Å². The summed E-state index contributed by atoms with van der Waals surface area (Å²) in [6.07, 6.45) is 9.74. The Morgan fingerprint density at radius 1 is 0.907 bits per heavy atom. The summed E-state index contributed by atoms with van der Waals surface area (Å²) in [5.41, 5.74) is 1.93. The molecule has 2 aromatic rings. The number of ether oxygens (including phenoxy) is 1. The molecular weight excluding hydrogens is 545 g/mol. The van der Waals surface area contributed by atoms with E-state index < -0.39 is 8.32 Å². The van der Waals surface area contributed by atoms with Crippen LogP contribution in [0.4, 0.5) is 0 Å². The van der Waals surface area contributed by atoms with Crippen LogP contribution in [0.25, 0.3) is 0 Å². The fourth-order valence-corrected chi connectivity index (χ4v) is 14.3. The van der Waals surface area contributed by atoms with Crippen LogP contribution in [0.2, 0.25) is 5.04 Å². The third-order valence-corrected chi connectivity index (χ3v) is 17.4. The smallest absolute Gasteiger partial charge is 0.302 e. The molecule has 2 fully saturated rings. The molecule has 0 spiro atoms. The summed E-state index contributed by atoms with van der Waals surface area (Å²) in [7, 11) is -2.67. The van der Waals surface area contributed by atoms with E-state index in [-0.39, 0.29) is 21.8 Å². The number of carbonyl (C=O) groups is 1. The predicted octanol–water partition coefficient (Wildman–Crippen LogP) is 8.57. The molecule has 5 rings (SSSR count). The van der Waals surface area contributed by atoms with Crippen LogP contribution in [-0.4, -0.2) is 27.5 Å². The van der Waals surface area contributed by atoms with Gasteiger partial charge in [-0.1, -0.05) is 120 Å². The topological polar surface area (TPSA) is 35.5 Å². The Balaban J connectivity index is 1.58. The first kappa shape index (κ1) is 32.2. The highest BCUT2D eigenvalue weighted by atomic mass is 28.4. The van der Waals surface area contributed by atoms with Crippen molar-refractivity contribution in [3.05, 3.63) is 72.3 Å². The summed E-state index contributed by atoms with van der Waals surface area (Å²) in [6.45, 7) is 19.9. The van der Waals surface area contributed by atoms with Gasteiger partial charge in [0.2, 0.25) is 0 Å². The molecule has 0 aromatic heterocycles. The van der Waals surface area contributed by atoms with E-state index in [4.69, 9.17) is 9.16 Å². The van der Waals surface area contributed by atoms with Crippen LogP contribution >= 0.6 is 0 Å². The van der Waals surface area contributed by atoms with Gasteiger partial charge in [0.05, 0.1) is 6.61 Å². The van der Waals surface area contributed by atoms with E-state index in [0.29, 0.717) is 36.2 Å². The van der Waals surface area contributed by atoms with E-state index in [2.05, 4.69) is 115 Å². The third kappa shape index (κ3) is 5.83. The van der Waals surface area contributed by atoms with Crippen molar-refractivity contribution in [2.75, 3.05) is 13.2 Å². The molecule has 2 saturated carbocycles. The Morgan fingerprint density at radius 3 is 2.07 bits per heavy atom. The fraction of sp³-hybridized carbons (Fsp3) is 0.615. The van der Waals surface area contributed by atoms with Crippen molar-refractivity contribution >= 4 is 24.7 Å². The molecule has 0 saturated heterocycles. The predicted molar refractivity (Wildman–Crippen MR) is 181 cm³/mol. The van der Waals surface area contributed by atoms with Crippen molar-refractivity contribution in [3.8, 4) is 0 Å². The van der Waals surface area contributed by atoms with E-state index in [0.717, 1.165) is 19.4 Å². The van der Waals surface area contributed by atoms with Gasteiger partial charge in [0.25, 0.3) is 8.32 Å². The van der Waals surface area contributed by atoms with Crippen molar-refractivity contribution in [1.82, 2.24) is 0 Å².